The molecule has 8 nitrogen and oxygen atoms in total. The fourth-order valence-electron chi connectivity index (χ4n) is 3.23. The van der Waals surface area contributed by atoms with Crippen molar-refractivity contribution in [1.29, 1.82) is 0 Å². The third kappa shape index (κ3) is 6.26. The lowest BCUT2D eigenvalue weighted by atomic mass is 10.0. The van der Waals surface area contributed by atoms with Crippen LogP contribution in [0.1, 0.15) is 68.7 Å². The number of aliphatic imine (C=N–C) groups is 1. The molecule has 32 heavy (non-hydrogen) atoms. The van der Waals surface area contributed by atoms with Gasteiger partial charge in [0, 0.05) is 24.7 Å². The number of methoxy groups -OCH3 is 1. The number of carbonyl (C=O) groups is 2. The Morgan fingerprint density at radius 3 is 2.66 bits per heavy atom. The first kappa shape index (κ1) is 26.2. The van der Waals surface area contributed by atoms with Crippen molar-refractivity contribution in [1.82, 2.24) is 10.3 Å². The number of hydrogen-bond donors (Lipinski definition) is 1. The van der Waals surface area contributed by atoms with Crippen molar-refractivity contribution >= 4 is 45.7 Å². The zero-order valence-corrected chi connectivity index (χ0v) is 20.8. The minimum absolute atomic E-state index is 0.0661. The van der Waals surface area contributed by atoms with Crippen molar-refractivity contribution in [2.45, 2.75) is 65.5 Å². The summed E-state index contributed by atoms with van der Waals surface area (Å²) < 4.78 is 18.1. The summed E-state index contributed by atoms with van der Waals surface area (Å²) in [5, 5.41) is 3.89. The van der Waals surface area contributed by atoms with E-state index in [1.54, 1.807) is 14.0 Å². The van der Waals surface area contributed by atoms with Crippen LogP contribution in [0.2, 0.25) is 0 Å². The Labute approximate surface area is 196 Å². The van der Waals surface area contributed by atoms with Gasteiger partial charge in [-0.2, -0.15) is 0 Å². The zero-order chi connectivity index (χ0) is 24.0. The van der Waals surface area contributed by atoms with E-state index in [2.05, 4.69) is 20.2 Å². The molecular weight excluding hydrogens is 459 g/mol. The molecule has 1 saturated heterocycles. The van der Waals surface area contributed by atoms with Gasteiger partial charge in [0.15, 0.2) is 5.13 Å². The Morgan fingerprint density at radius 2 is 2.09 bits per heavy atom. The van der Waals surface area contributed by atoms with Crippen LogP contribution in [0, 0.1) is 0 Å². The molecule has 0 radical (unpaired) electrons. The summed E-state index contributed by atoms with van der Waals surface area (Å²) in [6.07, 6.45) is 1.03. The molecule has 1 fully saturated rings. The first-order valence-electron chi connectivity index (χ1n) is 10.5. The van der Waals surface area contributed by atoms with Crippen LogP contribution < -0.4 is 10.2 Å². The number of anilines is 1. The predicted octanol–water partition coefficient (Wildman–Crippen LogP) is 4.36. The molecule has 0 aromatic carbocycles. The number of hydrogen-bond acceptors (Lipinski definition) is 8. The van der Waals surface area contributed by atoms with Crippen LogP contribution in [0.25, 0.3) is 0 Å². The van der Waals surface area contributed by atoms with Crippen molar-refractivity contribution in [2.75, 3.05) is 25.1 Å². The first-order chi connectivity index (χ1) is 15.1. The summed E-state index contributed by atoms with van der Waals surface area (Å²) in [4.78, 5) is 38.7. The summed E-state index contributed by atoms with van der Waals surface area (Å²) in [5.41, 5.74) is 1.68. The third-order valence-electron chi connectivity index (χ3n) is 5.37. The van der Waals surface area contributed by atoms with E-state index in [0.717, 1.165) is 23.3 Å². The van der Waals surface area contributed by atoms with Gasteiger partial charge in [0.1, 0.15) is 15.7 Å². The number of amides is 1. The number of halogens is 2. The van der Waals surface area contributed by atoms with Crippen molar-refractivity contribution < 1.29 is 23.8 Å². The molecule has 1 unspecified atom stereocenters. The smallest absolute Gasteiger partial charge is 0.377 e. The number of carbonyl (C=O) groups excluding carboxylic acids is 2. The Hall–Kier alpha value is -2.04. The average Bonchev–Trinajstić information content (AvgIpc) is 3.23. The van der Waals surface area contributed by atoms with Crippen LogP contribution in [0.3, 0.4) is 0 Å². The number of nitrogens with one attached hydrogen (secondary N) is 1. The van der Waals surface area contributed by atoms with Gasteiger partial charge in [0.05, 0.1) is 17.8 Å². The molecule has 1 amide bonds. The molecule has 0 saturated carbocycles. The van der Waals surface area contributed by atoms with Crippen LogP contribution in [0.4, 0.5) is 9.66 Å². The van der Waals surface area contributed by atoms with Gasteiger partial charge >= 0.3 is 5.97 Å². The second-order valence-electron chi connectivity index (χ2n) is 7.94. The zero-order valence-electron chi connectivity index (χ0n) is 19.2. The number of aromatic nitrogens is 1. The monoisotopic (exact) mass is 488 g/mol. The number of thiazole rings is 1. The molecule has 11 heteroatoms. The highest BCUT2D eigenvalue weighted by Crippen LogP contribution is 2.33. The molecule has 2 rings (SSSR count). The molecule has 2 heterocycles. The van der Waals surface area contributed by atoms with Gasteiger partial charge in [-0.1, -0.05) is 43.7 Å². The number of piperidine rings is 1. The van der Waals surface area contributed by atoms with Crippen molar-refractivity contribution in [2.24, 2.45) is 4.99 Å². The van der Waals surface area contributed by atoms with Crippen LogP contribution in [0.15, 0.2) is 15.7 Å². The first-order valence-corrected chi connectivity index (χ1v) is 11.6. The van der Waals surface area contributed by atoms with Crippen LogP contribution in [0.5, 0.6) is 0 Å². The van der Waals surface area contributed by atoms with Crippen LogP contribution >= 0.6 is 22.9 Å². The van der Waals surface area contributed by atoms with Gasteiger partial charge in [-0.05, 0) is 38.2 Å². The lowest BCUT2D eigenvalue weighted by molar-refractivity contribution is -0.116. The lowest BCUT2D eigenvalue weighted by Crippen LogP contribution is -2.55. The maximum atomic E-state index is 12.6. The van der Waals surface area contributed by atoms with Crippen molar-refractivity contribution in [3.63, 3.8) is 0 Å². The van der Waals surface area contributed by atoms with Gasteiger partial charge in [-0.3, -0.25) is 4.79 Å². The maximum Gasteiger partial charge on any atom is 0.391 e. The molecule has 0 aliphatic carbocycles. The highest BCUT2D eigenvalue weighted by Gasteiger charge is 2.33. The molecule has 1 aliphatic heterocycles. The van der Waals surface area contributed by atoms with E-state index in [9.17, 15) is 14.1 Å². The summed E-state index contributed by atoms with van der Waals surface area (Å²) in [7, 11) is 1.58. The molecule has 1 aliphatic rings. The summed E-state index contributed by atoms with van der Waals surface area (Å²) >= 11 is 7.23. The van der Waals surface area contributed by atoms with E-state index in [-0.39, 0.29) is 34.6 Å². The van der Waals surface area contributed by atoms with Crippen molar-refractivity contribution in [3.8, 4) is 0 Å². The Bertz CT molecular complexity index is 902. The lowest BCUT2D eigenvalue weighted by Gasteiger charge is -2.37. The summed E-state index contributed by atoms with van der Waals surface area (Å²) in [6.45, 7) is 10.2. The summed E-state index contributed by atoms with van der Waals surface area (Å²) in [6, 6.07) is -0.233. The van der Waals surface area contributed by atoms with E-state index in [4.69, 9.17) is 16.3 Å². The van der Waals surface area contributed by atoms with E-state index < -0.39 is 5.97 Å². The molecular formula is C21H30ClFN4O4S. The molecule has 178 valence electrons. The second-order valence-corrected chi connectivity index (χ2v) is 9.28. The highest BCUT2D eigenvalue weighted by atomic mass is 35.5. The molecule has 1 aromatic rings. The Balaban J connectivity index is 2.13. The largest absolute Gasteiger partial charge is 0.391 e. The number of nitrogens with zero attached hydrogens (tertiary/aromatic N) is 3. The normalized spacial score (nSPS) is 20.3. The van der Waals surface area contributed by atoms with Gasteiger partial charge in [0.2, 0.25) is 0 Å². The third-order valence-corrected chi connectivity index (χ3v) is 6.89. The van der Waals surface area contributed by atoms with E-state index in [0.29, 0.717) is 35.5 Å². The molecule has 1 aromatic heterocycles. The molecule has 0 bridgehead atoms. The minimum atomic E-state index is -1.04. The van der Waals surface area contributed by atoms with Gasteiger partial charge in [-0.15, -0.1) is 0 Å². The number of allylic oxidation sites excluding steroid dienone is 1. The molecule has 1 N–H and O–H groups in total. The Kier molecular flexibility index (Phi) is 9.60. The average molecular weight is 489 g/mol. The second kappa shape index (κ2) is 11.7. The van der Waals surface area contributed by atoms with E-state index in [1.165, 1.54) is 0 Å². The van der Waals surface area contributed by atoms with Crippen molar-refractivity contribution in [3.05, 3.63) is 21.3 Å². The fourth-order valence-corrected chi connectivity index (χ4v) is 4.62. The molecule has 2 atom stereocenters. The number of ether oxygens (including phenoxy) is 1. The van der Waals surface area contributed by atoms with E-state index in [1.807, 2.05) is 32.6 Å². The predicted molar refractivity (Wildman–Crippen MR) is 124 cm³/mol. The van der Waals surface area contributed by atoms with Gasteiger partial charge in [0.25, 0.3) is 5.91 Å². The fraction of sp³-hybridized carbons (Fsp3) is 0.619. The van der Waals surface area contributed by atoms with Gasteiger partial charge in [-0.25, -0.2) is 19.7 Å². The minimum Gasteiger partial charge on any atom is -0.377 e. The van der Waals surface area contributed by atoms with Gasteiger partial charge < -0.3 is 15.0 Å². The van der Waals surface area contributed by atoms with Crippen LogP contribution in [-0.2, 0) is 14.5 Å². The summed E-state index contributed by atoms with van der Waals surface area (Å²) in [5.74, 6) is -1.41. The Morgan fingerprint density at radius 1 is 1.41 bits per heavy atom. The standard InChI is InChI=1S/C21H30ClFN4O4S/c1-7-12(4)18(22)24-13(5)19(28)25-14-8-9-27(10-15(14)30-6)21-26-16(11(2)3)17(32-21)20(29)31-23/h11,14-15H,7-10H2,1-6H3,(H,25,28)/b18-12+,24-13+/t14?,15-/m0/s1. The number of rotatable bonds is 8. The topological polar surface area (TPSA) is 93.1 Å². The maximum absolute atomic E-state index is 12.6. The molecule has 0 spiro atoms. The highest BCUT2D eigenvalue weighted by molar-refractivity contribution is 7.17. The quantitative estimate of drug-likeness (QED) is 0.431. The van der Waals surface area contributed by atoms with E-state index >= 15 is 0 Å². The van der Waals surface area contributed by atoms with Crippen LogP contribution in [-0.4, -0.2) is 54.9 Å². The SMILES string of the molecule is CC/C(C)=C(Cl)/N=C(\C)C(=O)NC1CCN(c2nc(C(C)C)c(C(=O)OF)s2)C[C@@H]1OC.